The van der Waals surface area contributed by atoms with Crippen molar-refractivity contribution in [2.45, 2.75) is 32.6 Å². The molecule has 25 heavy (non-hydrogen) atoms. The fourth-order valence-corrected chi connectivity index (χ4v) is 4.55. The minimum Gasteiger partial charge on any atom is -0.497 e. The molecule has 4 rings (SSSR count). The highest BCUT2D eigenvalue weighted by atomic mass is 32.1. The number of methoxy groups -OCH3 is 1. The Morgan fingerprint density at radius 3 is 2.76 bits per heavy atom. The average Bonchev–Trinajstić information content (AvgIpc) is 3.00. The maximum Gasteiger partial charge on any atom is 0.283 e. The zero-order chi connectivity index (χ0) is 17.4. The first-order chi connectivity index (χ1) is 12.2. The Labute approximate surface area is 149 Å². The van der Waals surface area contributed by atoms with Gasteiger partial charge in [-0.05, 0) is 68.0 Å². The van der Waals surface area contributed by atoms with E-state index in [1.165, 1.54) is 21.5 Å². The molecule has 0 fully saturated rings. The Balaban J connectivity index is 1.78. The fourth-order valence-electron chi connectivity index (χ4n) is 3.25. The number of aryl methyl sites for hydroxylation is 3. The molecule has 0 unspecified atom stereocenters. The number of nitrogens with zero attached hydrogens (tertiary/aromatic N) is 3. The molecule has 0 amide bonds. The molecule has 6 heteroatoms. The molecule has 0 saturated heterocycles. The van der Waals surface area contributed by atoms with Crippen LogP contribution in [0.5, 0.6) is 5.75 Å². The first kappa shape index (κ1) is 16.0. The molecule has 0 N–H and O–H groups in total. The van der Waals surface area contributed by atoms with E-state index in [0.717, 1.165) is 40.8 Å². The number of benzene rings is 1. The molecular weight excluding hydrogens is 334 g/mol. The maximum absolute atomic E-state index is 13.0. The van der Waals surface area contributed by atoms with Gasteiger partial charge >= 0.3 is 0 Å². The minimum absolute atomic E-state index is 0.0633. The van der Waals surface area contributed by atoms with Crippen molar-refractivity contribution in [3.8, 4) is 5.75 Å². The van der Waals surface area contributed by atoms with Gasteiger partial charge < -0.3 is 4.74 Å². The predicted octanol–water partition coefficient (Wildman–Crippen LogP) is 3.54. The number of hydrogen-bond donors (Lipinski definition) is 0. The van der Waals surface area contributed by atoms with Crippen LogP contribution in [0.3, 0.4) is 0 Å². The van der Waals surface area contributed by atoms with Crippen LogP contribution in [-0.4, -0.2) is 23.0 Å². The Bertz CT molecular complexity index is 1020. The van der Waals surface area contributed by atoms with Gasteiger partial charge in [0.25, 0.3) is 5.56 Å². The van der Waals surface area contributed by atoms with E-state index in [2.05, 4.69) is 10.1 Å². The lowest BCUT2D eigenvalue weighted by Crippen LogP contribution is -2.21. The van der Waals surface area contributed by atoms with Crippen LogP contribution in [0, 0.1) is 6.92 Å². The zero-order valence-corrected chi connectivity index (χ0v) is 15.1. The van der Waals surface area contributed by atoms with Crippen LogP contribution in [0.2, 0.25) is 0 Å². The average molecular weight is 353 g/mol. The highest BCUT2D eigenvalue weighted by molar-refractivity contribution is 7.18. The van der Waals surface area contributed by atoms with E-state index in [0.29, 0.717) is 5.82 Å². The monoisotopic (exact) mass is 353 g/mol. The molecule has 0 bridgehead atoms. The number of rotatable bonds is 3. The number of fused-ring (bicyclic) bond motifs is 3. The summed E-state index contributed by atoms with van der Waals surface area (Å²) in [5, 5.41) is 5.15. The second kappa shape index (κ2) is 6.44. The molecule has 1 aliphatic rings. The molecule has 2 aromatic heterocycles. The molecular formula is C19H19N3O2S. The van der Waals surface area contributed by atoms with Crippen molar-refractivity contribution in [1.82, 2.24) is 9.66 Å². The minimum atomic E-state index is -0.0633. The maximum atomic E-state index is 13.0. The summed E-state index contributed by atoms with van der Waals surface area (Å²) >= 11 is 1.67. The predicted molar refractivity (Wildman–Crippen MR) is 101 cm³/mol. The van der Waals surface area contributed by atoms with Gasteiger partial charge in [0, 0.05) is 4.88 Å². The van der Waals surface area contributed by atoms with Crippen molar-refractivity contribution in [2.75, 3.05) is 7.11 Å². The van der Waals surface area contributed by atoms with E-state index in [1.807, 2.05) is 31.2 Å². The molecule has 1 aliphatic carbocycles. The highest BCUT2D eigenvalue weighted by Gasteiger charge is 2.20. The second-order valence-corrected chi connectivity index (χ2v) is 7.27. The summed E-state index contributed by atoms with van der Waals surface area (Å²) in [6, 6.07) is 7.55. The SMILES string of the molecule is COc1ccc(/C=N\n2c(C)nc3sc4c(c3c2=O)CCCC4)cc1. The van der Waals surface area contributed by atoms with Crippen LogP contribution in [0.25, 0.3) is 10.2 Å². The topological polar surface area (TPSA) is 56.5 Å². The third-order valence-corrected chi connectivity index (χ3v) is 5.75. The van der Waals surface area contributed by atoms with E-state index in [4.69, 9.17) is 4.74 Å². The van der Waals surface area contributed by atoms with Crippen molar-refractivity contribution in [1.29, 1.82) is 0 Å². The first-order valence-corrected chi connectivity index (χ1v) is 9.21. The van der Waals surface area contributed by atoms with Crippen molar-refractivity contribution in [3.63, 3.8) is 0 Å². The molecule has 3 aromatic rings. The third kappa shape index (κ3) is 2.87. The van der Waals surface area contributed by atoms with Crippen LogP contribution < -0.4 is 10.3 Å². The van der Waals surface area contributed by atoms with Gasteiger partial charge in [-0.2, -0.15) is 9.78 Å². The summed E-state index contributed by atoms with van der Waals surface area (Å²) in [6.45, 7) is 1.82. The fraction of sp³-hybridized carbons (Fsp3) is 0.316. The van der Waals surface area contributed by atoms with Gasteiger partial charge in [-0.3, -0.25) is 4.79 Å². The summed E-state index contributed by atoms with van der Waals surface area (Å²) in [6.07, 6.45) is 6.05. The van der Waals surface area contributed by atoms with Crippen LogP contribution in [0.15, 0.2) is 34.2 Å². The second-order valence-electron chi connectivity index (χ2n) is 6.18. The Morgan fingerprint density at radius 2 is 2.00 bits per heavy atom. The molecule has 0 aliphatic heterocycles. The van der Waals surface area contributed by atoms with E-state index < -0.39 is 0 Å². The van der Waals surface area contributed by atoms with Gasteiger partial charge in [0.1, 0.15) is 16.4 Å². The van der Waals surface area contributed by atoms with Gasteiger partial charge in [-0.25, -0.2) is 4.98 Å². The largest absolute Gasteiger partial charge is 0.497 e. The van der Waals surface area contributed by atoms with Gasteiger partial charge in [-0.1, -0.05) is 0 Å². The van der Waals surface area contributed by atoms with Gasteiger partial charge in [0.2, 0.25) is 0 Å². The third-order valence-electron chi connectivity index (χ3n) is 4.57. The quantitative estimate of drug-likeness (QED) is 0.677. The van der Waals surface area contributed by atoms with Crippen LogP contribution >= 0.6 is 11.3 Å². The summed E-state index contributed by atoms with van der Waals surface area (Å²) in [4.78, 5) is 19.8. The number of aromatic nitrogens is 2. The molecule has 0 atom stereocenters. The molecule has 128 valence electrons. The zero-order valence-electron chi connectivity index (χ0n) is 14.3. The highest BCUT2D eigenvalue weighted by Crippen LogP contribution is 2.33. The normalized spacial score (nSPS) is 14.2. The van der Waals surface area contributed by atoms with E-state index >= 15 is 0 Å². The number of thiophene rings is 1. The Hall–Kier alpha value is -2.47. The number of ether oxygens (including phenoxy) is 1. The van der Waals surface area contributed by atoms with Crippen LogP contribution in [0.1, 0.15) is 34.7 Å². The van der Waals surface area contributed by atoms with Gasteiger partial charge in [0.05, 0.1) is 18.7 Å². The standard InChI is InChI=1S/C19H19N3O2S/c1-12-21-18-17(15-5-3-4-6-16(15)25-18)19(23)22(12)20-11-13-7-9-14(24-2)10-8-13/h7-11H,3-6H2,1-2H3/b20-11-. The van der Waals surface area contributed by atoms with Gasteiger partial charge in [-0.15, -0.1) is 11.3 Å². The lowest BCUT2D eigenvalue weighted by atomic mass is 9.97. The molecule has 5 nitrogen and oxygen atoms in total. The van der Waals surface area contributed by atoms with Crippen molar-refractivity contribution < 1.29 is 4.74 Å². The Morgan fingerprint density at radius 1 is 1.24 bits per heavy atom. The number of hydrogen-bond acceptors (Lipinski definition) is 5. The summed E-state index contributed by atoms with van der Waals surface area (Å²) < 4.78 is 6.56. The lowest BCUT2D eigenvalue weighted by Gasteiger charge is -2.10. The Kier molecular flexibility index (Phi) is 4.13. The smallest absolute Gasteiger partial charge is 0.283 e. The summed E-state index contributed by atoms with van der Waals surface area (Å²) in [7, 11) is 1.63. The van der Waals surface area contributed by atoms with Crippen molar-refractivity contribution >= 4 is 27.8 Å². The lowest BCUT2D eigenvalue weighted by molar-refractivity contribution is 0.415. The van der Waals surface area contributed by atoms with Crippen LogP contribution in [-0.2, 0) is 12.8 Å². The molecule has 1 aromatic carbocycles. The summed E-state index contributed by atoms with van der Waals surface area (Å²) in [5.41, 5.74) is 2.03. The summed E-state index contributed by atoms with van der Waals surface area (Å²) in [5.74, 6) is 1.40. The molecule has 0 saturated carbocycles. The molecule has 0 spiro atoms. The van der Waals surface area contributed by atoms with Gasteiger partial charge in [0.15, 0.2) is 0 Å². The van der Waals surface area contributed by atoms with E-state index in [-0.39, 0.29) is 5.56 Å². The van der Waals surface area contributed by atoms with Crippen molar-refractivity contribution in [3.05, 3.63) is 56.4 Å². The molecule has 2 heterocycles. The van der Waals surface area contributed by atoms with E-state index in [9.17, 15) is 4.79 Å². The van der Waals surface area contributed by atoms with Crippen molar-refractivity contribution in [2.24, 2.45) is 5.10 Å². The van der Waals surface area contributed by atoms with Crippen LogP contribution in [0.4, 0.5) is 0 Å². The first-order valence-electron chi connectivity index (χ1n) is 8.39. The van der Waals surface area contributed by atoms with E-state index in [1.54, 1.807) is 24.7 Å². The molecule has 0 radical (unpaired) electrons.